The quantitative estimate of drug-likeness (QED) is 0.0374. The molecule has 7 amide bonds. The summed E-state index contributed by atoms with van der Waals surface area (Å²) < 4.78 is 29.0. The lowest BCUT2D eigenvalue weighted by Gasteiger charge is -2.24. The van der Waals surface area contributed by atoms with Crippen molar-refractivity contribution in [1.29, 1.82) is 0 Å². The first-order valence-electron chi connectivity index (χ1n) is 29.4. The maximum atomic E-state index is 14.1. The number of hydrogen-bond acceptors (Lipinski definition) is 14. The summed E-state index contributed by atoms with van der Waals surface area (Å²) in [6, 6.07) is 19.3. The first-order valence-corrected chi connectivity index (χ1v) is 29.4. The van der Waals surface area contributed by atoms with E-state index in [1.54, 1.807) is 72.7 Å². The third-order valence-electron chi connectivity index (χ3n) is 16.0. The van der Waals surface area contributed by atoms with Crippen LogP contribution in [0.25, 0.3) is 11.1 Å². The number of unbranched alkanes of at least 4 members (excludes halogenated alkanes) is 4. The Morgan fingerprint density at radius 3 is 1.72 bits per heavy atom. The molecule has 5 aliphatic rings. The number of anilines is 1. The number of benzene rings is 4. The molecule has 4 aromatic rings. The molecule has 4 aromatic carbocycles. The zero-order valence-corrected chi connectivity index (χ0v) is 49.4. The molecule has 448 valence electrons. The zero-order chi connectivity index (χ0) is 60.3. The van der Waals surface area contributed by atoms with Crippen LogP contribution in [0.5, 0.6) is 28.7 Å². The Balaban J connectivity index is 0.721. The average Bonchev–Trinajstić information content (AvgIpc) is 4.17. The molecule has 0 saturated carbocycles. The molecule has 5 atom stereocenters. The maximum Gasteiger partial charge on any atom is 0.260 e. The van der Waals surface area contributed by atoms with Crippen LogP contribution in [-0.2, 0) is 24.0 Å². The second-order valence-corrected chi connectivity index (χ2v) is 22.3. The second kappa shape index (κ2) is 27.7. The fourth-order valence-electron chi connectivity index (χ4n) is 11.1. The van der Waals surface area contributed by atoms with Crippen molar-refractivity contribution in [2.75, 3.05) is 46.4 Å². The van der Waals surface area contributed by atoms with Gasteiger partial charge in [-0.25, -0.2) is 0 Å². The molecular weight excluding hydrogens is 1080 g/mol. The van der Waals surface area contributed by atoms with Crippen molar-refractivity contribution in [1.82, 2.24) is 25.3 Å². The summed E-state index contributed by atoms with van der Waals surface area (Å²) in [5, 5.41) is 8.42. The third kappa shape index (κ3) is 14.2. The number of methoxy groups -OCH3 is 3. The van der Waals surface area contributed by atoms with Crippen molar-refractivity contribution in [2.45, 2.75) is 129 Å². The lowest BCUT2D eigenvalue weighted by Crippen LogP contribution is -2.53. The Kier molecular flexibility index (Phi) is 19.8. The molecule has 5 aliphatic heterocycles. The number of ether oxygens (including phenoxy) is 5. The standard InChI is InChI=1S/C65H76N8O12/c1-8-9-11-15-43-30-59(75)71(63(43)78)25-13-10-12-16-58(74)70-60(39(2)3)62(77)68-40(4)61(76)69-46-21-17-41(18-22-46)44-28-47-35-66-52-33-56(54(82-6)31-50(52)64(79)72(47)37-44)84-26-14-27-85-57-34-53-51(32-55(57)83-7)65(80)73-38-45(29-48(73)36-67-53)42-19-23-49(81-5)24-20-42/h17-24,31-40,43,47-48,60H,8-16,25-30H2,1-7H3,(H,68,77)(H,69,76)(H,70,74)/t40-,43?,47?,48-,60?/m0/s1. The van der Waals surface area contributed by atoms with Crippen molar-refractivity contribution in [3.05, 3.63) is 107 Å². The number of carbonyl (C=O) groups is 7. The zero-order valence-electron chi connectivity index (χ0n) is 49.4. The van der Waals surface area contributed by atoms with E-state index in [1.807, 2.05) is 62.6 Å². The summed E-state index contributed by atoms with van der Waals surface area (Å²) in [5.41, 5.74) is 5.96. The molecule has 0 aliphatic carbocycles. The Morgan fingerprint density at radius 1 is 0.624 bits per heavy atom. The van der Waals surface area contributed by atoms with E-state index >= 15 is 0 Å². The van der Waals surface area contributed by atoms with Gasteiger partial charge in [0.15, 0.2) is 23.0 Å². The maximum absolute atomic E-state index is 14.1. The van der Waals surface area contributed by atoms with Crippen molar-refractivity contribution >= 4 is 82.0 Å². The average molecular weight is 1160 g/mol. The van der Waals surface area contributed by atoms with Crippen molar-refractivity contribution < 1.29 is 57.2 Å². The third-order valence-corrected chi connectivity index (χ3v) is 16.0. The molecule has 0 spiro atoms. The van der Waals surface area contributed by atoms with Crippen molar-refractivity contribution in [3.8, 4) is 28.7 Å². The normalized spacial score (nSPS) is 18.4. The monoisotopic (exact) mass is 1160 g/mol. The summed E-state index contributed by atoms with van der Waals surface area (Å²) in [7, 11) is 4.66. The number of imide groups is 1. The van der Waals surface area contributed by atoms with E-state index in [2.05, 4.69) is 22.9 Å². The Morgan fingerprint density at radius 2 is 1.19 bits per heavy atom. The van der Waals surface area contributed by atoms with Gasteiger partial charge in [-0.3, -0.25) is 48.4 Å². The van der Waals surface area contributed by atoms with Crippen molar-refractivity contribution in [2.24, 2.45) is 21.8 Å². The minimum Gasteiger partial charge on any atom is -0.497 e. The highest BCUT2D eigenvalue weighted by molar-refractivity contribution is 6.07. The van der Waals surface area contributed by atoms with Crippen LogP contribution in [0.1, 0.15) is 137 Å². The molecular formula is C65H76N8O12. The molecule has 5 heterocycles. The van der Waals surface area contributed by atoms with Crippen LogP contribution in [0.3, 0.4) is 0 Å². The van der Waals surface area contributed by atoms with Gasteiger partial charge in [-0.1, -0.05) is 70.7 Å². The SMILES string of the molecule is CCCCCC1CC(=O)N(CCCCCC(=O)NC(C(=O)N[C@@H](C)C(=O)Nc2ccc(C3=CN4C(=O)c5cc(OC)c(OCCCOc6cc7c(cc6OC)C(=O)N6C=C(c8ccc(OC)cc8)C[C@H]6C=N7)cc5N=CC4C3)cc2)C(C)C)C1=O. The van der Waals surface area contributed by atoms with Gasteiger partial charge in [0, 0.05) is 87.2 Å². The van der Waals surface area contributed by atoms with E-state index in [4.69, 9.17) is 33.7 Å². The number of rotatable bonds is 27. The number of hydrogen-bond donors (Lipinski definition) is 3. The highest BCUT2D eigenvalue weighted by atomic mass is 16.5. The van der Waals surface area contributed by atoms with Crippen LogP contribution in [0.2, 0.25) is 0 Å². The summed E-state index contributed by atoms with van der Waals surface area (Å²) in [6.45, 7) is 8.15. The van der Waals surface area contributed by atoms with Crippen LogP contribution in [0.4, 0.5) is 17.1 Å². The van der Waals surface area contributed by atoms with E-state index in [1.165, 1.54) is 19.1 Å². The van der Waals surface area contributed by atoms with Crippen LogP contribution < -0.4 is 39.6 Å². The molecule has 1 saturated heterocycles. The van der Waals surface area contributed by atoms with E-state index < -0.39 is 23.9 Å². The summed E-state index contributed by atoms with van der Waals surface area (Å²) in [5.74, 6) is 0.0343. The van der Waals surface area contributed by atoms with E-state index in [9.17, 15) is 33.6 Å². The van der Waals surface area contributed by atoms with Gasteiger partial charge in [-0.2, -0.15) is 0 Å². The van der Waals surface area contributed by atoms with Crippen LogP contribution in [0.15, 0.2) is 95.2 Å². The fraction of sp³-hybridized carbons (Fsp3) is 0.431. The first-order chi connectivity index (χ1) is 41.1. The molecule has 1 fully saturated rings. The first kappa shape index (κ1) is 60.8. The van der Waals surface area contributed by atoms with Gasteiger partial charge in [0.2, 0.25) is 29.5 Å². The molecule has 3 unspecified atom stereocenters. The van der Waals surface area contributed by atoms with Gasteiger partial charge < -0.3 is 49.4 Å². The number of aliphatic imine (C=N–C) groups is 2. The highest BCUT2D eigenvalue weighted by Gasteiger charge is 2.38. The molecule has 20 nitrogen and oxygen atoms in total. The molecule has 3 N–H and O–H groups in total. The van der Waals surface area contributed by atoms with Gasteiger partial charge in [0.05, 0.1) is 69.1 Å². The van der Waals surface area contributed by atoms with Gasteiger partial charge in [-0.05, 0) is 90.8 Å². The van der Waals surface area contributed by atoms with Gasteiger partial charge in [0.1, 0.15) is 17.8 Å². The van der Waals surface area contributed by atoms with E-state index in [0.29, 0.717) is 96.3 Å². The van der Waals surface area contributed by atoms with Crippen LogP contribution >= 0.6 is 0 Å². The van der Waals surface area contributed by atoms with Crippen LogP contribution in [-0.4, -0.2) is 134 Å². The summed E-state index contributed by atoms with van der Waals surface area (Å²) >= 11 is 0. The second-order valence-electron chi connectivity index (χ2n) is 22.3. The smallest absolute Gasteiger partial charge is 0.260 e. The summed E-state index contributed by atoms with van der Waals surface area (Å²) in [4.78, 5) is 107. The Labute approximate surface area is 496 Å². The van der Waals surface area contributed by atoms with E-state index in [0.717, 1.165) is 53.7 Å². The number of carbonyl (C=O) groups excluding carboxylic acids is 7. The Bertz CT molecular complexity index is 3300. The van der Waals surface area contributed by atoms with E-state index in [-0.39, 0.29) is 79.5 Å². The largest absolute Gasteiger partial charge is 0.497 e. The predicted molar refractivity (Wildman–Crippen MR) is 323 cm³/mol. The van der Waals surface area contributed by atoms with Gasteiger partial charge >= 0.3 is 0 Å². The molecule has 9 rings (SSSR count). The van der Waals surface area contributed by atoms with Gasteiger partial charge in [-0.15, -0.1) is 0 Å². The lowest BCUT2D eigenvalue weighted by molar-refractivity contribution is -0.139. The van der Waals surface area contributed by atoms with Crippen LogP contribution in [0, 0.1) is 11.8 Å². The minimum absolute atomic E-state index is 0.0827. The molecule has 0 radical (unpaired) electrons. The van der Waals surface area contributed by atoms with Crippen molar-refractivity contribution in [3.63, 3.8) is 0 Å². The fourth-order valence-corrected chi connectivity index (χ4v) is 11.1. The molecule has 0 bridgehead atoms. The topological polar surface area (TPSA) is 236 Å². The minimum atomic E-state index is -0.924. The molecule has 20 heteroatoms. The molecule has 0 aromatic heterocycles. The number of nitrogens with zero attached hydrogens (tertiary/aromatic N) is 5. The molecule has 85 heavy (non-hydrogen) atoms. The Hall–Kier alpha value is -8.81. The number of fused-ring (bicyclic) bond motifs is 4. The number of amides is 7. The predicted octanol–water partition coefficient (Wildman–Crippen LogP) is 9.60. The lowest BCUT2D eigenvalue weighted by atomic mass is 10.00. The summed E-state index contributed by atoms with van der Waals surface area (Å²) in [6.07, 6.45) is 14.8. The number of likely N-dealkylation sites (tertiary alicyclic amines) is 1. The highest BCUT2D eigenvalue weighted by Crippen LogP contribution is 2.42. The van der Waals surface area contributed by atoms with Gasteiger partial charge in [0.25, 0.3) is 11.8 Å². The number of nitrogens with one attached hydrogen (secondary N) is 3.